The second-order valence-electron chi connectivity index (χ2n) is 8.14. The van der Waals surface area contributed by atoms with E-state index in [9.17, 15) is 14.0 Å². The summed E-state index contributed by atoms with van der Waals surface area (Å²) in [6.07, 6.45) is 1.57. The van der Waals surface area contributed by atoms with Crippen molar-refractivity contribution in [2.24, 2.45) is 5.92 Å². The summed E-state index contributed by atoms with van der Waals surface area (Å²) in [6, 6.07) is 20.4. The number of benzene rings is 3. The lowest BCUT2D eigenvalue weighted by molar-refractivity contribution is -0.125. The highest BCUT2D eigenvalue weighted by Crippen LogP contribution is 2.41. The lowest BCUT2D eigenvalue weighted by Gasteiger charge is -2.41. The van der Waals surface area contributed by atoms with Gasteiger partial charge in [0.05, 0.1) is 19.1 Å². The van der Waals surface area contributed by atoms with Gasteiger partial charge < -0.3 is 15.0 Å². The molecule has 1 heterocycles. The molecule has 1 aliphatic heterocycles. The van der Waals surface area contributed by atoms with Crippen LogP contribution in [-0.2, 0) is 16.0 Å². The van der Waals surface area contributed by atoms with E-state index < -0.39 is 12.0 Å². The topological polar surface area (TPSA) is 58.6 Å². The van der Waals surface area contributed by atoms with Crippen molar-refractivity contribution in [2.75, 3.05) is 17.3 Å². The van der Waals surface area contributed by atoms with Crippen LogP contribution in [0.25, 0.3) is 0 Å². The lowest BCUT2D eigenvalue weighted by Crippen LogP contribution is -2.47. The summed E-state index contributed by atoms with van der Waals surface area (Å²) in [5, 5.41) is 3.01. The van der Waals surface area contributed by atoms with Crippen LogP contribution < -0.4 is 15.0 Å². The van der Waals surface area contributed by atoms with Gasteiger partial charge >= 0.3 is 0 Å². The molecule has 4 rings (SSSR count). The third-order valence-corrected chi connectivity index (χ3v) is 6.13. The fourth-order valence-corrected chi connectivity index (χ4v) is 4.31. The van der Waals surface area contributed by atoms with Crippen LogP contribution in [0.3, 0.4) is 0 Å². The van der Waals surface area contributed by atoms with Crippen molar-refractivity contribution in [1.29, 1.82) is 0 Å². The maximum atomic E-state index is 13.7. The number of carbonyl (C=O) groups is 2. The van der Waals surface area contributed by atoms with E-state index in [0.29, 0.717) is 29.1 Å². The molecule has 3 aromatic rings. The molecule has 0 unspecified atom stereocenters. The predicted octanol–water partition coefficient (Wildman–Crippen LogP) is 5.52. The SMILES string of the molecule is CCc1ccc(NC(=O)[C@H]2CCC(=O)N(c3ccc(OC)cc3)[C@@H]2c2ccc(F)cc2)cc1. The van der Waals surface area contributed by atoms with Gasteiger partial charge in [-0.1, -0.05) is 31.2 Å². The van der Waals surface area contributed by atoms with E-state index in [1.807, 2.05) is 24.3 Å². The van der Waals surface area contributed by atoms with E-state index in [1.165, 1.54) is 17.7 Å². The van der Waals surface area contributed by atoms with Gasteiger partial charge in [-0.3, -0.25) is 9.59 Å². The molecule has 0 aliphatic carbocycles. The molecule has 2 amide bonds. The molecule has 33 heavy (non-hydrogen) atoms. The normalized spacial score (nSPS) is 18.2. The van der Waals surface area contributed by atoms with Gasteiger partial charge in [0.25, 0.3) is 0 Å². The third-order valence-electron chi connectivity index (χ3n) is 6.13. The molecule has 0 aromatic heterocycles. The largest absolute Gasteiger partial charge is 0.497 e. The Kier molecular flexibility index (Phi) is 6.73. The number of aryl methyl sites for hydroxylation is 1. The van der Waals surface area contributed by atoms with E-state index >= 15 is 0 Å². The molecule has 0 saturated carbocycles. The molecular formula is C27H27FN2O3. The van der Waals surface area contributed by atoms with Gasteiger partial charge in [0.15, 0.2) is 0 Å². The second-order valence-corrected chi connectivity index (χ2v) is 8.14. The van der Waals surface area contributed by atoms with Crippen LogP contribution in [0.2, 0.25) is 0 Å². The molecule has 0 spiro atoms. The summed E-state index contributed by atoms with van der Waals surface area (Å²) in [7, 11) is 1.58. The van der Waals surface area contributed by atoms with Gasteiger partial charge in [0.1, 0.15) is 11.6 Å². The van der Waals surface area contributed by atoms with Gasteiger partial charge in [0, 0.05) is 17.8 Å². The highest BCUT2D eigenvalue weighted by molar-refractivity contribution is 6.00. The number of anilines is 2. The van der Waals surface area contributed by atoms with Crippen molar-refractivity contribution in [2.45, 2.75) is 32.2 Å². The van der Waals surface area contributed by atoms with Crippen LogP contribution in [0, 0.1) is 11.7 Å². The Hall–Kier alpha value is -3.67. The summed E-state index contributed by atoms with van der Waals surface area (Å²) >= 11 is 0. The quantitative estimate of drug-likeness (QED) is 0.542. The highest BCUT2D eigenvalue weighted by atomic mass is 19.1. The van der Waals surface area contributed by atoms with E-state index in [-0.39, 0.29) is 24.1 Å². The zero-order valence-electron chi connectivity index (χ0n) is 18.8. The number of hydrogen-bond acceptors (Lipinski definition) is 3. The van der Waals surface area contributed by atoms with Gasteiger partial charge in [0.2, 0.25) is 11.8 Å². The zero-order chi connectivity index (χ0) is 23.4. The summed E-state index contributed by atoms with van der Waals surface area (Å²) in [5.74, 6) is -0.438. The Labute approximate surface area is 193 Å². The number of nitrogens with one attached hydrogen (secondary N) is 1. The summed E-state index contributed by atoms with van der Waals surface area (Å²) in [4.78, 5) is 28.2. The lowest BCUT2D eigenvalue weighted by atomic mass is 9.83. The first-order chi connectivity index (χ1) is 16.0. The van der Waals surface area contributed by atoms with Crippen LogP contribution in [0.5, 0.6) is 5.75 Å². The Morgan fingerprint density at radius 3 is 2.30 bits per heavy atom. The standard InChI is InChI=1S/C27H27FN2O3/c1-3-18-4-10-21(11-5-18)29-27(32)24-16-17-25(31)30(22-12-14-23(33-2)15-13-22)26(24)19-6-8-20(28)9-7-19/h4-15,24,26H,3,16-17H2,1-2H3,(H,29,32)/t24-,26+/m0/s1. The molecule has 1 saturated heterocycles. The van der Waals surface area contributed by atoms with Crippen molar-refractivity contribution in [3.05, 3.63) is 89.7 Å². The number of hydrogen-bond donors (Lipinski definition) is 1. The Morgan fingerprint density at radius 1 is 1.03 bits per heavy atom. The Morgan fingerprint density at radius 2 is 1.70 bits per heavy atom. The first-order valence-electron chi connectivity index (χ1n) is 11.1. The van der Waals surface area contributed by atoms with Crippen molar-refractivity contribution < 1.29 is 18.7 Å². The van der Waals surface area contributed by atoms with Gasteiger partial charge in [-0.15, -0.1) is 0 Å². The molecule has 0 bridgehead atoms. The summed E-state index contributed by atoms with van der Waals surface area (Å²) in [6.45, 7) is 2.08. The van der Waals surface area contributed by atoms with Crippen LogP contribution in [0.4, 0.5) is 15.8 Å². The van der Waals surface area contributed by atoms with Crippen LogP contribution in [-0.4, -0.2) is 18.9 Å². The molecule has 5 nitrogen and oxygen atoms in total. The Balaban J connectivity index is 1.69. The second kappa shape index (κ2) is 9.86. The van der Waals surface area contributed by atoms with Gasteiger partial charge in [-0.05, 0) is 72.5 Å². The van der Waals surface area contributed by atoms with Gasteiger partial charge in [-0.2, -0.15) is 0 Å². The smallest absolute Gasteiger partial charge is 0.229 e. The van der Waals surface area contributed by atoms with Gasteiger partial charge in [-0.25, -0.2) is 4.39 Å². The third kappa shape index (κ3) is 4.90. The first kappa shape index (κ1) is 22.5. The van der Waals surface area contributed by atoms with E-state index in [4.69, 9.17) is 4.74 Å². The molecular weight excluding hydrogens is 419 g/mol. The average Bonchev–Trinajstić information content (AvgIpc) is 2.85. The highest BCUT2D eigenvalue weighted by Gasteiger charge is 2.41. The molecule has 3 aromatic carbocycles. The summed E-state index contributed by atoms with van der Waals surface area (Å²) in [5.41, 5.74) is 3.27. The molecule has 2 atom stereocenters. The predicted molar refractivity (Wildman–Crippen MR) is 127 cm³/mol. The maximum Gasteiger partial charge on any atom is 0.229 e. The van der Waals surface area contributed by atoms with Crippen molar-refractivity contribution >= 4 is 23.2 Å². The minimum absolute atomic E-state index is 0.0779. The van der Waals surface area contributed by atoms with Crippen molar-refractivity contribution in [3.63, 3.8) is 0 Å². The minimum atomic E-state index is -0.560. The van der Waals surface area contributed by atoms with E-state index in [1.54, 1.807) is 48.4 Å². The van der Waals surface area contributed by atoms with Crippen LogP contribution in [0.1, 0.15) is 36.9 Å². The molecule has 1 fully saturated rings. The number of halogens is 1. The molecule has 1 N–H and O–H groups in total. The van der Waals surface area contributed by atoms with Crippen LogP contribution >= 0.6 is 0 Å². The molecule has 1 aliphatic rings. The van der Waals surface area contributed by atoms with E-state index in [2.05, 4.69) is 12.2 Å². The molecule has 6 heteroatoms. The first-order valence-corrected chi connectivity index (χ1v) is 11.1. The summed E-state index contributed by atoms with van der Waals surface area (Å²) < 4.78 is 18.9. The number of carbonyl (C=O) groups excluding carboxylic acids is 2. The number of amides is 2. The fraction of sp³-hybridized carbons (Fsp3) is 0.259. The average molecular weight is 447 g/mol. The number of rotatable bonds is 6. The van der Waals surface area contributed by atoms with Crippen LogP contribution in [0.15, 0.2) is 72.8 Å². The number of ether oxygens (including phenoxy) is 1. The maximum absolute atomic E-state index is 13.7. The number of nitrogens with zero attached hydrogens (tertiary/aromatic N) is 1. The zero-order valence-corrected chi connectivity index (χ0v) is 18.8. The number of piperidine rings is 1. The molecule has 170 valence electrons. The number of methoxy groups -OCH3 is 1. The monoisotopic (exact) mass is 446 g/mol. The van der Waals surface area contributed by atoms with E-state index in [0.717, 1.165) is 6.42 Å². The van der Waals surface area contributed by atoms with Crippen molar-refractivity contribution in [1.82, 2.24) is 0 Å². The Bertz CT molecular complexity index is 1110. The molecule has 0 radical (unpaired) electrons. The minimum Gasteiger partial charge on any atom is -0.497 e. The fourth-order valence-electron chi connectivity index (χ4n) is 4.31. The van der Waals surface area contributed by atoms with Crippen molar-refractivity contribution in [3.8, 4) is 5.75 Å².